The van der Waals surface area contributed by atoms with Crippen molar-refractivity contribution in [3.8, 4) is 10.4 Å². The summed E-state index contributed by atoms with van der Waals surface area (Å²) in [7, 11) is 1.56. The predicted octanol–water partition coefficient (Wildman–Crippen LogP) is 3.66. The maximum Gasteiger partial charge on any atom is 0.225 e. The van der Waals surface area contributed by atoms with Gasteiger partial charge in [-0.05, 0) is 32.0 Å². The molecule has 1 unspecified atom stereocenters. The van der Waals surface area contributed by atoms with Gasteiger partial charge in [-0.15, -0.1) is 11.3 Å². The van der Waals surface area contributed by atoms with Crippen LogP contribution in [-0.4, -0.2) is 36.6 Å². The number of hydrogen-bond acceptors (Lipinski definition) is 4. The Labute approximate surface area is 152 Å². The van der Waals surface area contributed by atoms with E-state index in [1.807, 2.05) is 32.0 Å². The number of rotatable bonds is 8. The third-order valence-corrected chi connectivity index (χ3v) is 5.17. The number of benzene rings is 1. The third-order valence-electron chi connectivity index (χ3n) is 4.07. The first-order chi connectivity index (χ1) is 12.0. The summed E-state index contributed by atoms with van der Waals surface area (Å²) in [4.78, 5) is 16.3. The van der Waals surface area contributed by atoms with E-state index in [0.717, 1.165) is 9.75 Å². The molecule has 1 aromatic heterocycles. The molecule has 0 aliphatic heterocycles. The molecule has 1 amide bonds. The third kappa shape index (κ3) is 5.11. The second kappa shape index (κ2) is 9.08. The van der Waals surface area contributed by atoms with Crippen LogP contribution in [-0.2, 0) is 16.1 Å². The highest BCUT2D eigenvalue weighted by Gasteiger charge is 2.21. The van der Waals surface area contributed by atoms with Crippen LogP contribution in [0.1, 0.15) is 25.1 Å². The lowest BCUT2D eigenvalue weighted by molar-refractivity contribution is -0.136. The molecule has 2 N–H and O–H groups in total. The van der Waals surface area contributed by atoms with E-state index >= 15 is 0 Å². The molecule has 4 nitrogen and oxygen atoms in total. The quantitative estimate of drug-likeness (QED) is 0.778. The number of carbonyl (C=O) groups excluding carboxylic acids is 1. The molecule has 0 spiro atoms. The van der Waals surface area contributed by atoms with E-state index in [4.69, 9.17) is 10.5 Å². The molecule has 0 saturated carbocycles. The smallest absolute Gasteiger partial charge is 0.225 e. The second-order valence-corrected chi connectivity index (χ2v) is 7.33. The predicted molar refractivity (Wildman–Crippen MR) is 99.9 cm³/mol. The van der Waals surface area contributed by atoms with E-state index in [1.165, 1.54) is 17.4 Å². The summed E-state index contributed by atoms with van der Waals surface area (Å²) in [6.07, 6.45) is -0.0115. The summed E-state index contributed by atoms with van der Waals surface area (Å²) in [5, 5.41) is 0. The van der Waals surface area contributed by atoms with E-state index < -0.39 is 0 Å². The number of thiophene rings is 1. The van der Waals surface area contributed by atoms with Crippen molar-refractivity contribution >= 4 is 17.2 Å². The van der Waals surface area contributed by atoms with Crippen LogP contribution in [0.15, 0.2) is 36.4 Å². The Kier molecular flexibility index (Phi) is 7.11. The first-order valence-electron chi connectivity index (χ1n) is 8.32. The van der Waals surface area contributed by atoms with Crippen LogP contribution in [0.3, 0.4) is 0 Å². The average Bonchev–Trinajstić information content (AvgIpc) is 3.06. The maximum absolute atomic E-state index is 13.9. The van der Waals surface area contributed by atoms with E-state index in [9.17, 15) is 9.18 Å². The van der Waals surface area contributed by atoms with Crippen molar-refractivity contribution in [2.24, 2.45) is 5.73 Å². The van der Waals surface area contributed by atoms with Gasteiger partial charge in [-0.3, -0.25) is 4.79 Å². The molecule has 2 rings (SSSR count). The van der Waals surface area contributed by atoms with E-state index in [1.54, 1.807) is 24.1 Å². The summed E-state index contributed by atoms with van der Waals surface area (Å²) in [5.41, 5.74) is 6.20. The Bertz CT molecular complexity index is 698. The molecule has 0 saturated heterocycles. The normalized spacial score (nSPS) is 12.4. The zero-order valence-corrected chi connectivity index (χ0v) is 15.7. The zero-order chi connectivity index (χ0) is 18.4. The monoisotopic (exact) mass is 364 g/mol. The molecule has 1 atom stereocenters. The van der Waals surface area contributed by atoms with Crippen LogP contribution >= 0.6 is 11.3 Å². The van der Waals surface area contributed by atoms with Crippen molar-refractivity contribution in [3.63, 3.8) is 0 Å². The molecule has 25 heavy (non-hydrogen) atoms. The molecular weight excluding hydrogens is 339 g/mol. The Balaban J connectivity index is 2.13. The lowest BCUT2D eigenvalue weighted by Crippen LogP contribution is -2.39. The molecule has 0 bridgehead atoms. The fourth-order valence-corrected chi connectivity index (χ4v) is 3.60. The molecule has 0 fully saturated rings. The number of ether oxygens (including phenoxy) is 1. The topological polar surface area (TPSA) is 55.6 Å². The van der Waals surface area contributed by atoms with Crippen LogP contribution in [0.25, 0.3) is 10.4 Å². The van der Waals surface area contributed by atoms with E-state index in [0.29, 0.717) is 18.7 Å². The minimum Gasteiger partial charge on any atom is -0.380 e. The summed E-state index contributed by atoms with van der Waals surface area (Å²) in [6.45, 7) is 4.77. The highest BCUT2D eigenvalue weighted by atomic mass is 32.1. The van der Waals surface area contributed by atoms with Gasteiger partial charge in [0.25, 0.3) is 0 Å². The number of carbonyl (C=O) groups is 1. The van der Waals surface area contributed by atoms with Crippen LogP contribution in [0.5, 0.6) is 0 Å². The van der Waals surface area contributed by atoms with Crippen molar-refractivity contribution in [2.75, 3.05) is 13.7 Å². The van der Waals surface area contributed by atoms with Crippen LogP contribution in [0.2, 0.25) is 0 Å². The van der Waals surface area contributed by atoms with Crippen LogP contribution < -0.4 is 5.73 Å². The zero-order valence-electron chi connectivity index (χ0n) is 14.9. The summed E-state index contributed by atoms with van der Waals surface area (Å²) < 4.78 is 19.2. The van der Waals surface area contributed by atoms with Gasteiger partial charge in [0.1, 0.15) is 5.82 Å². The van der Waals surface area contributed by atoms with Crippen molar-refractivity contribution in [3.05, 3.63) is 47.1 Å². The van der Waals surface area contributed by atoms with Crippen molar-refractivity contribution in [2.45, 2.75) is 39.0 Å². The lowest BCUT2D eigenvalue weighted by atomic mass is 10.2. The molecule has 2 aromatic rings. The van der Waals surface area contributed by atoms with Crippen LogP contribution in [0.4, 0.5) is 4.39 Å². The lowest BCUT2D eigenvalue weighted by Gasteiger charge is -2.27. The Morgan fingerprint density at radius 3 is 2.60 bits per heavy atom. The van der Waals surface area contributed by atoms with Gasteiger partial charge in [-0.1, -0.05) is 18.2 Å². The first-order valence-corrected chi connectivity index (χ1v) is 9.13. The van der Waals surface area contributed by atoms with Gasteiger partial charge in [0.05, 0.1) is 19.1 Å². The van der Waals surface area contributed by atoms with Gasteiger partial charge in [-0.25, -0.2) is 4.39 Å². The minimum atomic E-state index is -0.272. The van der Waals surface area contributed by atoms with Gasteiger partial charge in [0, 0.05) is 35.0 Å². The van der Waals surface area contributed by atoms with Gasteiger partial charge in [0.2, 0.25) is 5.91 Å². The Morgan fingerprint density at radius 2 is 2.00 bits per heavy atom. The maximum atomic E-state index is 13.9. The molecule has 6 heteroatoms. The molecule has 0 aliphatic carbocycles. The van der Waals surface area contributed by atoms with E-state index in [2.05, 4.69) is 0 Å². The van der Waals surface area contributed by atoms with Crippen molar-refractivity contribution in [1.82, 2.24) is 4.90 Å². The fraction of sp³-hybridized carbons (Fsp3) is 0.421. The molecular formula is C19H25FN2O2S. The number of nitrogens with zero attached hydrogens (tertiary/aromatic N) is 1. The minimum absolute atomic E-state index is 0.00754. The number of amides is 1. The number of nitrogens with two attached hydrogens (primary N) is 1. The highest BCUT2D eigenvalue weighted by molar-refractivity contribution is 7.15. The first kappa shape index (κ1) is 19.6. The van der Waals surface area contributed by atoms with E-state index in [-0.39, 0.29) is 30.3 Å². The van der Waals surface area contributed by atoms with Gasteiger partial charge in [0.15, 0.2) is 0 Å². The molecule has 136 valence electrons. The largest absolute Gasteiger partial charge is 0.380 e. The molecule has 0 aliphatic rings. The fourth-order valence-electron chi connectivity index (χ4n) is 2.57. The summed E-state index contributed by atoms with van der Waals surface area (Å²) in [6, 6.07) is 10.6. The average molecular weight is 364 g/mol. The molecule has 1 aromatic carbocycles. The number of hydrogen-bond donors (Lipinski definition) is 1. The van der Waals surface area contributed by atoms with Gasteiger partial charge < -0.3 is 15.4 Å². The Morgan fingerprint density at radius 1 is 1.28 bits per heavy atom. The highest BCUT2D eigenvalue weighted by Crippen LogP contribution is 2.31. The van der Waals surface area contributed by atoms with Gasteiger partial charge >= 0.3 is 0 Å². The number of halogens is 1. The molecule has 0 radical (unpaired) electrons. The van der Waals surface area contributed by atoms with Crippen LogP contribution in [0, 0.1) is 5.82 Å². The Hall–Kier alpha value is -1.76. The van der Waals surface area contributed by atoms with Gasteiger partial charge in [-0.2, -0.15) is 0 Å². The standard InChI is InChI=1S/C19H25FN2O2S/c1-13(2)22(19(23)10-14(11-21)24-3)12-15-8-9-18(25-15)16-6-4-5-7-17(16)20/h4-9,13-14H,10-12,21H2,1-3H3. The van der Waals surface area contributed by atoms with Crippen molar-refractivity contribution in [1.29, 1.82) is 0 Å². The molecule has 1 heterocycles. The number of methoxy groups -OCH3 is 1. The SMILES string of the molecule is COC(CN)CC(=O)N(Cc1ccc(-c2ccccc2F)s1)C(C)C. The van der Waals surface area contributed by atoms with Crippen molar-refractivity contribution < 1.29 is 13.9 Å². The summed E-state index contributed by atoms with van der Waals surface area (Å²) >= 11 is 1.50. The second-order valence-electron chi connectivity index (χ2n) is 6.16. The summed E-state index contributed by atoms with van der Waals surface area (Å²) in [5.74, 6) is -0.230.